The van der Waals surface area contributed by atoms with E-state index >= 15 is 0 Å². The van der Waals surface area contributed by atoms with Crippen molar-refractivity contribution in [1.29, 1.82) is 0 Å². The number of fused-ring (bicyclic) bond motifs is 2. The second-order valence-corrected chi connectivity index (χ2v) is 7.69. The number of amides is 1. The molecule has 1 amide bonds. The van der Waals surface area contributed by atoms with Gasteiger partial charge in [-0.25, -0.2) is 0 Å². The molecule has 0 N–H and O–H groups in total. The largest absolute Gasteiger partial charge is 0.450 e. The number of benzene rings is 2. The molecule has 0 bridgehead atoms. The van der Waals surface area contributed by atoms with Gasteiger partial charge in [0.2, 0.25) is 5.76 Å². The highest BCUT2D eigenvalue weighted by Gasteiger charge is 2.42. The molecule has 1 aliphatic rings. The van der Waals surface area contributed by atoms with Crippen LogP contribution in [0.3, 0.4) is 0 Å². The normalized spacial score (nSPS) is 15.6. The molecule has 4 rings (SSSR count). The van der Waals surface area contributed by atoms with Crippen LogP contribution < -0.4 is 5.43 Å². The number of para-hydroxylation sites is 1. The van der Waals surface area contributed by atoms with E-state index < -0.39 is 11.0 Å². The summed E-state index contributed by atoms with van der Waals surface area (Å²) in [5.41, 5.74) is 0.907. The van der Waals surface area contributed by atoms with Crippen LogP contribution in [-0.2, 0) is 4.74 Å². The summed E-state index contributed by atoms with van der Waals surface area (Å²) in [5.74, 6) is -0.345. The summed E-state index contributed by atoms with van der Waals surface area (Å²) in [5, 5.41) is 11.4. The van der Waals surface area contributed by atoms with Gasteiger partial charge in [0.05, 0.1) is 28.0 Å². The van der Waals surface area contributed by atoms with Gasteiger partial charge in [0, 0.05) is 25.3 Å². The lowest BCUT2D eigenvalue weighted by molar-refractivity contribution is -0.384. The summed E-state index contributed by atoms with van der Waals surface area (Å²) in [7, 11) is 0. The molecular weight excluding hydrogens is 400 g/mol. The minimum atomic E-state index is -0.678. The molecule has 31 heavy (non-hydrogen) atoms. The first-order valence-electron chi connectivity index (χ1n) is 10.1. The molecule has 0 unspecified atom stereocenters. The van der Waals surface area contributed by atoms with Crippen molar-refractivity contribution in [3.8, 4) is 0 Å². The first-order chi connectivity index (χ1) is 14.9. The average molecular weight is 422 g/mol. The van der Waals surface area contributed by atoms with Crippen LogP contribution in [0.25, 0.3) is 11.0 Å². The zero-order chi connectivity index (χ0) is 22.1. The zero-order valence-corrected chi connectivity index (χ0v) is 17.2. The molecule has 0 saturated carbocycles. The molecule has 0 aliphatic carbocycles. The molecule has 1 atom stereocenters. The fraction of sp³-hybridized carbons (Fsp3) is 0.304. The van der Waals surface area contributed by atoms with Gasteiger partial charge in [0.1, 0.15) is 5.58 Å². The molecule has 2 heterocycles. The maximum atomic E-state index is 13.3. The van der Waals surface area contributed by atoms with E-state index in [2.05, 4.69) is 0 Å². The number of hydrogen-bond donors (Lipinski definition) is 0. The van der Waals surface area contributed by atoms with E-state index in [9.17, 15) is 19.7 Å². The van der Waals surface area contributed by atoms with Gasteiger partial charge >= 0.3 is 0 Å². The van der Waals surface area contributed by atoms with Crippen molar-refractivity contribution in [2.75, 3.05) is 13.2 Å². The molecule has 8 nitrogen and oxygen atoms in total. The smallest absolute Gasteiger partial charge is 0.290 e. The highest BCUT2D eigenvalue weighted by atomic mass is 16.6. The van der Waals surface area contributed by atoms with Gasteiger partial charge in [-0.2, -0.15) is 0 Å². The number of non-ortho nitro benzene ring substituents is 1. The van der Waals surface area contributed by atoms with Crippen molar-refractivity contribution in [1.82, 2.24) is 4.90 Å². The molecule has 0 spiro atoms. The number of ether oxygens (including phenoxy) is 1. The van der Waals surface area contributed by atoms with Gasteiger partial charge in [-0.05, 0) is 50.1 Å². The number of rotatable bonds is 7. The van der Waals surface area contributed by atoms with E-state index in [-0.39, 0.29) is 34.5 Å². The Morgan fingerprint density at radius 1 is 1.13 bits per heavy atom. The van der Waals surface area contributed by atoms with E-state index in [1.165, 1.54) is 12.1 Å². The number of hydrogen-bond acceptors (Lipinski definition) is 6. The average Bonchev–Trinajstić information content (AvgIpc) is 3.03. The first kappa shape index (κ1) is 20.7. The number of nitro groups is 1. The summed E-state index contributed by atoms with van der Waals surface area (Å²) in [6, 6.07) is 12.0. The Labute approximate surface area is 178 Å². The van der Waals surface area contributed by atoms with Gasteiger partial charge in [0.25, 0.3) is 11.6 Å². The maximum Gasteiger partial charge on any atom is 0.290 e. The quantitative estimate of drug-likeness (QED) is 0.323. The Morgan fingerprint density at radius 3 is 2.52 bits per heavy atom. The van der Waals surface area contributed by atoms with Crippen LogP contribution in [0.4, 0.5) is 5.69 Å². The van der Waals surface area contributed by atoms with E-state index in [4.69, 9.17) is 9.15 Å². The molecule has 0 radical (unpaired) electrons. The molecule has 2 aromatic carbocycles. The third-order valence-electron chi connectivity index (χ3n) is 5.29. The lowest BCUT2D eigenvalue weighted by atomic mass is 9.98. The molecule has 8 heteroatoms. The summed E-state index contributed by atoms with van der Waals surface area (Å²) >= 11 is 0. The molecule has 0 fully saturated rings. The standard InChI is InChI=1S/C23H22N2O6/c1-14(2)30-13-5-12-24-20(15-8-10-16(11-9-15)25(28)29)19-21(26)17-6-3-4-7-18(17)31-22(19)23(24)27/h3-4,6-11,14,20H,5,12-13H2,1-2H3/t20-/m0/s1. The summed E-state index contributed by atoms with van der Waals surface area (Å²) in [6.45, 7) is 4.69. The van der Waals surface area contributed by atoms with Gasteiger partial charge in [-0.15, -0.1) is 0 Å². The van der Waals surface area contributed by atoms with E-state index in [0.717, 1.165) is 0 Å². The van der Waals surface area contributed by atoms with E-state index in [1.807, 2.05) is 13.8 Å². The molecule has 160 valence electrons. The van der Waals surface area contributed by atoms with Crippen molar-refractivity contribution in [2.24, 2.45) is 0 Å². The molecular formula is C23H22N2O6. The van der Waals surface area contributed by atoms with Crippen molar-refractivity contribution < 1.29 is 18.9 Å². The second-order valence-electron chi connectivity index (χ2n) is 7.69. The number of nitrogens with zero attached hydrogens (tertiary/aromatic N) is 2. The number of carbonyl (C=O) groups is 1. The second kappa shape index (κ2) is 8.31. The van der Waals surface area contributed by atoms with Crippen molar-refractivity contribution in [3.63, 3.8) is 0 Å². The molecule has 1 aromatic heterocycles. The van der Waals surface area contributed by atoms with Crippen LogP contribution >= 0.6 is 0 Å². The third-order valence-corrected chi connectivity index (χ3v) is 5.29. The van der Waals surface area contributed by atoms with Gasteiger partial charge in [0.15, 0.2) is 5.43 Å². The van der Waals surface area contributed by atoms with Crippen molar-refractivity contribution in [3.05, 3.63) is 85.8 Å². The van der Waals surface area contributed by atoms with Crippen molar-refractivity contribution >= 4 is 22.6 Å². The van der Waals surface area contributed by atoms with Gasteiger partial charge in [-0.1, -0.05) is 12.1 Å². The van der Waals surface area contributed by atoms with Gasteiger partial charge in [-0.3, -0.25) is 19.7 Å². The Morgan fingerprint density at radius 2 is 1.84 bits per heavy atom. The SMILES string of the molecule is CC(C)OCCCN1C(=O)c2oc3ccccc3c(=O)c2[C@@H]1c1ccc([N+](=O)[O-])cc1. The zero-order valence-electron chi connectivity index (χ0n) is 17.2. The fourth-order valence-corrected chi connectivity index (χ4v) is 3.88. The van der Waals surface area contributed by atoms with Crippen molar-refractivity contribution in [2.45, 2.75) is 32.4 Å². The monoisotopic (exact) mass is 422 g/mol. The third kappa shape index (κ3) is 3.82. The fourth-order valence-electron chi connectivity index (χ4n) is 3.88. The Balaban J connectivity index is 1.79. The summed E-state index contributed by atoms with van der Waals surface area (Å²) < 4.78 is 11.4. The minimum absolute atomic E-state index is 0.0248. The van der Waals surface area contributed by atoms with E-state index in [0.29, 0.717) is 36.1 Å². The van der Waals surface area contributed by atoms with Crippen LogP contribution in [-0.4, -0.2) is 35.0 Å². The Hall–Kier alpha value is -3.52. The van der Waals surface area contributed by atoms with Crippen LogP contribution in [0.15, 0.2) is 57.7 Å². The lowest BCUT2D eigenvalue weighted by Crippen LogP contribution is -2.31. The van der Waals surface area contributed by atoms with Gasteiger partial charge < -0.3 is 14.1 Å². The molecule has 0 saturated heterocycles. The topological polar surface area (TPSA) is 103 Å². The Kier molecular flexibility index (Phi) is 5.56. The highest BCUT2D eigenvalue weighted by molar-refractivity contribution is 5.99. The van der Waals surface area contributed by atoms with Crippen LogP contribution in [0, 0.1) is 10.1 Å². The number of nitro benzene ring substituents is 1. The molecule has 1 aliphatic heterocycles. The van der Waals surface area contributed by atoms with Crippen LogP contribution in [0.2, 0.25) is 0 Å². The summed E-state index contributed by atoms with van der Waals surface area (Å²) in [4.78, 5) is 38.7. The lowest BCUT2D eigenvalue weighted by Gasteiger charge is -2.25. The van der Waals surface area contributed by atoms with Crippen LogP contribution in [0.5, 0.6) is 0 Å². The minimum Gasteiger partial charge on any atom is -0.450 e. The van der Waals surface area contributed by atoms with Crippen LogP contribution in [0.1, 0.15) is 48.0 Å². The molecule has 3 aromatic rings. The Bertz CT molecular complexity index is 1200. The predicted octanol–water partition coefficient (Wildman–Crippen LogP) is 4.06. The predicted molar refractivity (Wildman–Crippen MR) is 114 cm³/mol. The van der Waals surface area contributed by atoms with E-state index in [1.54, 1.807) is 41.3 Å². The maximum absolute atomic E-state index is 13.3. The highest BCUT2D eigenvalue weighted by Crippen LogP contribution is 2.38. The first-order valence-corrected chi connectivity index (χ1v) is 10.1. The number of carbonyl (C=O) groups excluding carboxylic acids is 1. The summed E-state index contributed by atoms with van der Waals surface area (Å²) in [6.07, 6.45) is 0.653.